The van der Waals surface area contributed by atoms with E-state index >= 15 is 0 Å². The van der Waals surface area contributed by atoms with Crippen LogP contribution in [0.25, 0.3) is 21.3 Å². The van der Waals surface area contributed by atoms with Gasteiger partial charge in [0.15, 0.2) is 0 Å². The third-order valence-corrected chi connectivity index (χ3v) is 6.72. The molecule has 0 spiro atoms. The quantitative estimate of drug-likeness (QED) is 0.667. The van der Waals surface area contributed by atoms with E-state index < -0.39 is 0 Å². The standard InChI is InChI=1S/C22H25N3O2S/c1-14-8-7-9-15(2)25(14)18(26)12-24-13-23-21-20(22(24)27)19(16(3)28-21)17-10-5-4-6-11-17/h4-6,10-11,13-15H,7-9,12H2,1-3H3/t14-,15+. The first kappa shape index (κ1) is 18.9. The normalized spacial score (nSPS) is 19.9. The van der Waals surface area contributed by atoms with Gasteiger partial charge in [-0.15, -0.1) is 11.3 Å². The van der Waals surface area contributed by atoms with Crippen LogP contribution in [-0.4, -0.2) is 32.4 Å². The number of aromatic nitrogens is 2. The van der Waals surface area contributed by atoms with Gasteiger partial charge in [0.1, 0.15) is 11.4 Å². The summed E-state index contributed by atoms with van der Waals surface area (Å²) in [7, 11) is 0. The van der Waals surface area contributed by atoms with E-state index in [1.54, 1.807) is 0 Å². The van der Waals surface area contributed by atoms with Crippen molar-refractivity contribution in [3.8, 4) is 11.1 Å². The molecule has 1 aromatic carbocycles. The number of likely N-dealkylation sites (tertiary alicyclic amines) is 1. The van der Waals surface area contributed by atoms with Gasteiger partial charge in [0.2, 0.25) is 5.91 Å². The van der Waals surface area contributed by atoms with Crippen molar-refractivity contribution in [3.05, 3.63) is 51.9 Å². The molecule has 1 fully saturated rings. The molecule has 0 radical (unpaired) electrons. The van der Waals surface area contributed by atoms with Crippen molar-refractivity contribution in [2.45, 2.75) is 58.7 Å². The maximum atomic E-state index is 13.3. The Bertz CT molecular complexity index is 1060. The predicted molar refractivity (Wildman–Crippen MR) is 114 cm³/mol. The molecule has 28 heavy (non-hydrogen) atoms. The fourth-order valence-electron chi connectivity index (χ4n) is 4.34. The molecule has 0 aliphatic carbocycles. The van der Waals surface area contributed by atoms with Crippen LogP contribution in [0.1, 0.15) is 38.0 Å². The van der Waals surface area contributed by atoms with Crippen LogP contribution in [0.5, 0.6) is 0 Å². The molecule has 3 aromatic rings. The van der Waals surface area contributed by atoms with Gasteiger partial charge in [-0.1, -0.05) is 30.3 Å². The Morgan fingerprint density at radius 3 is 2.54 bits per heavy atom. The fraction of sp³-hybridized carbons (Fsp3) is 0.409. The van der Waals surface area contributed by atoms with E-state index in [2.05, 4.69) is 18.8 Å². The van der Waals surface area contributed by atoms with Gasteiger partial charge in [0, 0.05) is 22.5 Å². The van der Waals surface area contributed by atoms with Crippen LogP contribution in [-0.2, 0) is 11.3 Å². The molecule has 0 N–H and O–H groups in total. The number of benzene rings is 1. The fourth-order valence-corrected chi connectivity index (χ4v) is 5.35. The van der Waals surface area contributed by atoms with E-state index in [1.165, 1.54) is 22.2 Å². The molecule has 2 aromatic heterocycles. The number of thiophene rings is 1. The maximum Gasteiger partial charge on any atom is 0.263 e. The average molecular weight is 396 g/mol. The third-order valence-electron chi connectivity index (χ3n) is 5.70. The number of nitrogens with zero attached hydrogens (tertiary/aromatic N) is 3. The highest BCUT2D eigenvalue weighted by atomic mass is 32.1. The molecule has 0 saturated carbocycles. The smallest absolute Gasteiger partial charge is 0.263 e. The van der Waals surface area contributed by atoms with Crippen molar-refractivity contribution < 1.29 is 4.79 Å². The molecule has 6 heteroatoms. The molecule has 3 heterocycles. The maximum absolute atomic E-state index is 13.3. The number of hydrogen-bond acceptors (Lipinski definition) is 4. The number of carbonyl (C=O) groups is 1. The van der Waals surface area contributed by atoms with E-state index in [-0.39, 0.29) is 30.1 Å². The SMILES string of the molecule is Cc1sc2ncn(CC(=O)N3[C@H](C)CCC[C@@H]3C)c(=O)c2c1-c1ccccc1. The first-order valence-corrected chi connectivity index (χ1v) is 10.6. The number of piperidine rings is 1. The summed E-state index contributed by atoms with van der Waals surface area (Å²) in [6.45, 7) is 6.24. The highest BCUT2D eigenvalue weighted by Crippen LogP contribution is 2.35. The van der Waals surface area contributed by atoms with Crippen LogP contribution >= 0.6 is 11.3 Å². The summed E-state index contributed by atoms with van der Waals surface area (Å²) in [6, 6.07) is 10.3. The van der Waals surface area contributed by atoms with E-state index in [9.17, 15) is 9.59 Å². The number of fused-ring (bicyclic) bond motifs is 1. The van der Waals surface area contributed by atoms with Crippen LogP contribution in [0, 0.1) is 6.92 Å². The molecule has 1 saturated heterocycles. The molecular weight excluding hydrogens is 370 g/mol. The van der Waals surface area contributed by atoms with Crippen LogP contribution in [0.3, 0.4) is 0 Å². The summed E-state index contributed by atoms with van der Waals surface area (Å²) < 4.78 is 1.47. The summed E-state index contributed by atoms with van der Waals surface area (Å²) in [5.41, 5.74) is 1.80. The van der Waals surface area contributed by atoms with Gasteiger partial charge in [-0.25, -0.2) is 4.98 Å². The Morgan fingerprint density at radius 2 is 1.86 bits per heavy atom. The lowest BCUT2D eigenvalue weighted by atomic mass is 9.97. The van der Waals surface area contributed by atoms with Crippen molar-refractivity contribution in [1.82, 2.24) is 14.5 Å². The zero-order valence-corrected chi connectivity index (χ0v) is 17.3. The second-order valence-corrected chi connectivity index (χ2v) is 8.89. The zero-order valence-electron chi connectivity index (χ0n) is 16.5. The summed E-state index contributed by atoms with van der Waals surface area (Å²) in [6.07, 6.45) is 4.70. The van der Waals surface area contributed by atoms with Gasteiger partial charge in [-0.2, -0.15) is 0 Å². The molecule has 4 rings (SSSR count). The van der Waals surface area contributed by atoms with Crippen molar-refractivity contribution in [3.63, 3.8) is 0 Å². The van der Waals surface area contributed by atoms with Crippen LogP contribution in [0.2, 0.25) is 0 Å². The van der Waals surface area contributed by atoms with E-state index in [4.69, 9.17) is 0 Å². The Balaban J connectivity index is 1.74. The summed E-state index contributed by atoms with van der Waals surface area (Å²) >= 11 is 1.52. The molecular formula is C22H25N3O2S. The van der Waals surface area contributed by atoms with Crippen LogP contribution < -0.4 is 5.56 Å². The van der Waals surface area contributed by atoms with Crippen molar-refractivity contribution in [2.24, 2.45) is 0 Å². The number of aryl methyl sites for hydroxylation is 1. The lowest BCUT2D eigenvalue weighted by Gasteiger charge is -2.39. The molecule has 1 amide bonds. The lowest BCUT2D eigenvalue weighted by molar-refractivity contribution is -0.138. The van der Waals surface area contributed by atoms with Crippen molar-refractivity contribution in [2.75, 3.05) is 0 Å². The first-order valence-electron chi connectivity index (χ1n) is 9.82. The summed E-state index contributed by atoms with van der Waals surface area (Å²) in [5.74, 6) is -0.00355. The monoisotopic (exact) mass is 395 g/mol. The number of amides is 1. The van der Waals surface area contributed by atoms with Gasteiger partial charge < -0.3 is 4.90 Å². The largest absolute Gasteiger partial charge is 0.336 e. The zero-order chi connectivity index (χ0) is 19.8. The van der Waals surface area contributed by atoms with Crippen LogP contribution in [0.4, 0.5) is 0 Å². The Labute approximate surface area is 168 Å². The van der Waals surface area contributed by atoms with Crippen molar-refractivity contribution >= 4 is 27.5 Å². The van der Waals surface area contributed by atoms with E-state index in [0.717, 1.165) is 40.1 Å². The highest BCUT2D eigenvalue weighted by molar-refractivity contribution is 7.19. The van der Waals surface area contributed by atoms with E-state index in [1.807, 2.05) is 42.2 Å². The average Bonchev–Trinajstić information content (AvgIpc) is 3.01. The number of carbonyl (C=O) groups excluding carboxylic acids is 1. The predicted octanol–water partition coefficient (Wildman–Crippen LogP) is 4.22. The highest BCUT2D eigenvalue weighted by Gasteiger charge is 2.29. The molecule has 5 nitrogen and oxygen atoms in total. The Kier molecular flexibility index (Phi) is 5.06. The lowest BCUT2D eigenvalue weighted by Crippen LogP contribution is -2.49. The second-order valence-electron chi connectivity index (χ2n) is 7.69. The van der Waals surface area contributed by atoms with Gasteiger partial charge in [0.25, 0.3) is 5.56 Å². The Morgan fingerprint density at radius 1 is 1.18 bits per heavy atom. The number of hydrogen-bond donors (Lipinski definition) is 0. The molecule has 146 valence electrons. The first-order chi connectivity index (χ1) is 13.5. The summed E-state index contributed by atoms with van der Waals surface area (Å²) in [5, 5.41) is 0.615. The van der Waals surface area contributed by atoms with Crippen LogP contribution in [0.15, 0.2) is 41.5 Å². The Hall–Kier alpha value is -2.47. The molecule has 1 aliphatic heterocycles. The molecule has 2 atom stereocenters. The third kappa shape index (κ3) is 3.26. The van der Waals surface area contributed by atoms with E-state index in [0.29, 0.717) is 5.39 Å². The minimum absolute atomic E-state index is 0.00355. The topological polar surface area (TPSA) is 55.2 Å². The van der Waals surface area contributed by atoms with Gasteiger partial charge in [0.05, 0.1) is 11.7 Å². The van der Waals surface area contributed by atoms with Gasteiger partial charge in [-0.05, 0) is 45.6 Å². The number of rotatable bonds is 3. The van der Waals surface area contributed by atoms with Gasteiger partial charge in [-0.3, -0.25) is 14.2 Å². The molecule has 0 bridgehead atoms. The minimum Gasteiger partial charge on any atom is -0.336 e. The summed E-state index contributed by atoms with van der Waals surface area (Å²) in [4.78, 5) is 34.5. The second kappa shape index (κ2) is 7.51. The minimum atomic E-state index is -0.140. The molecule has 1 aliphatic rings. The van der Waals surface area contributed by atoms with Gasteiger partial charge >= 0.3 is 0 Å². The van der Waals surface area contributed by atoms with Crippen molar-refractivity contribution in [1.29, 1.82) is 0 Å². The molecule has 0 unspecified atom stereocenters.